The smallest absolute Gasteiger partial charge is 0.333 e. The zero-order valence-corrected chi connectivity index (χ0v) is 26.7. The van der Waals surface area contributed by atoms with Crippen LogP contribution in [-0.4, -0.2) is 51.8 Å². The second kappa shape index (κ2) is 18.7. The monoisotopic (exact) mass is 595 g/mol. The molecular formula is C32H53NO9. The number of unbranched alkanes of at least 4 members (excludes halogenated alkanes) is 9. The molecule has 10 heteroatoms. The number of ether oxygens (including phenoxy) is 2. The molecule has 0 saturated carbocycles. The van der Waals surface area contributed by atoms with Crippen LogP contribution in [0.2, 0.25) is 0 Å². The molecule has 10 nitrogen and oxygen atoms in total. The second-order valence-corrected chi connectivity index (χ2v) is 13.2. The van der Waals surface area contributed by atoms with Crippen LogP contribution in [0.25, 0.3) is 0 Å². The molecular weight excluding hydrogens is 542 g/mol. The van der Waals surface area contributed by atoms with Crippen molar-refractivity contribution in [2.24, 2.45) is 5.92 Å². The lowest BCUT2D eigenvalue weighted by atomic mass is 9.94. The molecule has 2 amide bonds. The fourth-order valence-electron chi connectivity index (χ4n) is 4.56. The van der Waals surface area contributed by atoms with Crippen LogP contribution < -0.4 is 0 Å². The van der Waals surface area contributed by atoms with Gasteiger partial charge in [-0.15, -0.1) is 5.06 Å². The van der Waals surface area contributed by atoms with Crippen molar-refractivity contribution in [1.82, 2.24) is 5.06 Å². The van der Waals surface area contributed by atoms with E-state index in [-0.39, 0.29) is 43.9 Å². The molecule has 0 spiro atoms. The predicted octanol–water partition coefficient (Wildman–Crippen LogP) is 6.31. The van der Waals surface area contributed by atoms with Crippen LogP contribution in [0, 0.1) is 5.92 Å². The van der Waals surface area contributed by atoms with Crippen molar-refractivity contribution in [2.75, 3.05) is 0 Å². The molecule has 0 radical (unpaired) electrons. The van der Waals surface area contributed by atoms with Crippen LogP contribution in [0.5, 0.6) is 0 Å². The molecule has 1 heterocycles. The molecule has 0 aliphatic carbocycles. The molecule has 0 aromatic heterocycles. The molecule has 1 aliphatic heterocycles. The van der Waals surface area contributed by atoms with Gasteiger partial charge in [0.05, 0.1) is 5.92 Å². The maximum absolute atomic E-state index is 12.7. The minimum atomic E-state index is -0.807. The maximum Gasteiger partial charge on any atom is 0.333 e. The highest BCUT2D eigenvalue weighted by atomic mass is 16.7. The van der Waals surface area contributed by atoms with Gasteiger partial charge in [-0.25, -0.2) is 4.79 Å². The largest absolute Gasteiger partial charge is 0.460 e. The Labute approximate surface area is 251 Å². The molecule has 0 aromatic carbocycles. The quantitative estimate of drug-likeness (QED) is 0.0901. The second-order valence-electron chi connectivity index (χ2n) is 13.2. The fourth-order valence-corrected chi connectivity index (χ4v) is 4.56. The van der Waals surface area contributed by atoms with Gasteiger partial charge in [-0.05, 0) is 60.8 Å². The normalized spacial score (nSPS) is 14.6. The summed E-state index contributed by atoms with van der Waals surface area (Å²) in [6, 6.07) is 0. The Morgan fingerprint density at radius 1 is 0.643 bits per heavy atom. The molecule has 1 saturated heterocycles. The number of imide groups is 1. The van der Waals surface area contributed by atoms with E-state index < -0.39 is 40.9 Å². The Kier molecular flexibility index (Phi) is 16.6. The van der Waals surface area contributed by atoms with Gasteiger partial charge < -0.3 is 14.3 Å². The summed E-state index contributed by atoms with van der Waals surface area (Å²) in [7, 11) is 0. The van der Waals surface area contributed by atoms with Crippen LogP contribution in [0.15, 0.2) is 0 Å². The molecule has 1 aliphatic rings. The first-order valence-corrected chi connectivity index (χ1v) is 15.6. The van der Waals surface area contributed by atoms with Gasteiger partial charge in [0.15, 0.2) is 0 Å². The number of nitrogens with zero attached hydrogens (tertiary/aromatic N) is 1. The molecule has 0 N–H and O–H groups in total. The summed E-state index contributed by atoms with van der Waals surface area (Å²) >= 11 is 0. The molecule has 1 atom stereocenters. The van der Waals surface area contributed by atoms with E-state index in [2.05, 4.69) is 0 Å². The van der Waals surface area contributed by atoms with E-state index in [0.29, 0.717) is 17.9 Å². The number of hydrogen-bond acceptors (Lipinski definition) is 9. The lowest BCUT2D eigenvalue weighted by molar-refractivity contribution is -0.197. The first-order valence-electron chi connectivity index (χ1n) is 15.6. The van der Waals surface area contributed by atoms with Crippen molar-refractivity contribution in [1.29, 1.82) is 0 Å². The third kappa shape index (κ3) is 17.9. The van der Waals surface area contributed by atoms with Gasteiger partial charge in [0.2, 0.25) is 0 Å². The Morgan fingerprint density at radius 2 is 1.10 bits per heavy atom. The average Bonchev–Trinajstić information content (AvgIpc) is 3.17. The highest BCUT2D eigenvalue weighted by Crippen LogP contribution is 2.22. The molecule has 1 fully saturated rings. The number of esters is 2. The third-order valence-corrected chi connectivity index (χ3v) is 6.62. The molecule has 42 heavy (non-hydrogen) atoms. The van der Waals surface area contributed by atoms with Crippen molar-refractivity contribution >= 4 is 35.5 Å². The Hall–Kier alpha value is -2.78. The zero-order valence-electron chi connectivity index (χ0n) is 26.7. The SMILES string of the molecule is CC(C)(C)OC(=O)CCCCCCCCCCCCC(=O)C[C@@H](CCC(=O)ON1C(=O)CCC1=O)C(=O)OC(C)(C)C. The summed E-state index contributed by atoms with van der Waals surface area (Å²) in [4.78, 5) is 77.5. The zero-order chi connectivity index (χ0) is 31.8. The minimum absolute atomic E-state index is 0.000126. The first-order chi connectivity index (χ1) is 19.6. The van der Waals surface area contributed by atoms with E-state index in [1.807, 2.05) is 20.8 Å². The Balaban J connectivity index is 2.25. The van der Waals surface area contributed by atoms with Gasteiger partial charge >= 0.3 is 17.9 Å². The van der Waals surface area contributed by atoms with Gasteiger partial charge in [-0.2, -0.15) is 0 Å². The highest BCUT2D eigenvalue weighted by molar-refractivity contribution is 6.01. The van der Waals surface area contributed by atoms with Crippen molar-refractivity contribution in [3.63, 3.8) is 0 Å². The Bertz CT molecular complexity index is 898. The van der Waals surface area contributed by atoms with E-state index in [0.717, 1.165) is 64.2 Å². The highest BCUT2D eigenvalue weighted by Gasteiger charge is 2.34. The molecule has 0 unspecified atom stereocenters. The van der Waals surface area contributed by atoms with E-state index >= 15 is 0 Å². The molecule has 0 aromatic rings. The van der Waals surface area contributed by atoms with Crippen LogP contribution in [0.3, 0.4) is 0 Å². The summed E-state index contributed by atoms with van der Waals surface area (Å²) in [5.74, 6) is -3.49. The van der Waals surface area contributed by atoms with Crippen molar-refractivity contribution < 1.29 is 43.1 Å². The summed E-state index contributed by atoms with van der Waals surface area (Å²) < 4.78 is 10.8. The van der Waals surface area contributed by atoms with Gasteiger partial charge in [-0.3, -0.25) is 24.0 Å². The van der Waals surface area contributed by atoms with Gasteiger partial charge in [0.25, 0.3) is 11.8 Å². The van der Waals surface area contributed by atoms with Crippen LogP contribution in [0.1, 0.15) is 151 Å². The Morgan fingerprint density at radius 3 is 1.57 bits per heavy atom. The lowest BCUT2D eigenvalue weighted by Crippen LogP contribution is -2.33. The number of Topliss-reactive ketones (excluding diaryl/α,β-unsaturated/α-hetero) is 1. The third-order valence-electron chi connectivity index (χ3n) is 6.62. The van der Waals surface area contributed by atoms with Gasteiger partial charge in [0.1, 0.15) is 17.0 Å². The number of hydroxylamine groups is 2. The first kappa shape index (κ1) is 37.2. The number of carbonyl (C=O) groups is 6. The van der Waals surface area contributed by atoms with E-state index in [1.165, 1.54) is 0 Å². The van der Waals surface area contributed by atoms with Crippen molar-refractivity contribution in [3.05, 3.63) is 0 Å². The number of hydrogen-bond donors (Lipinski definition) is 0. The van der Waals surface area contributed by atoms with Gasteiger partial charge in [-0.1, -0.05) is 51.4 Å². The summed E-state index contributed by atoms with van der Waals surface area (Å²) in [5, 5.41) is 0.477. The van der Waals surface area contributed by atoms with Crippen molar-refractivity contribution in [2.45, 2.75) is 162 Å². The number of rotatable bonds is 20. The van der Waals surface area contributed by atoms with Gasteiger partial charge in [0, 0.05) is 38.5 Å². The van der Waals surface area contributed by atoms with E-state index in [4.69, 9.17) is 14.3 Å². The lowest BCUT2D eigenvalue weighted by Gasteiger charge is -2.23. The number of amides is 2. The predicted molar refractivity (Wildman–Crippen MR) is 157 cm³/mol. The number of ketones is 1. The fraction of sp³-hybridized carbons (Fsp3) is 0.812. The summed E-state index contributed by atoms with van der Waals surface area (Å²) in [5.41, 5.74) is -1.17. The van der Waals surface area contributed by atoms with Crippen LogP contribution in [0.4, 0.5) is 0 Å². The van der Waals surface area contributed by atoms with E-state index in [9.17, 15) is 28.8 Å². The average molecular weight is 596 g/mol. The minimum Gasteiger partial charge on any atom is -0.460 e. The molecule has 1 rings (SSSR count). The molecule has 240 valence electrons. The standard InChI is InChI=1S/C32H53NO9/c1-31(2,3)40-28(37)18-16-14-12-10-8-7-9-11-13-15-17-25(34)23-24(30(39)41-32(4,5)6)19-22-29(38)42-33-26(35)20-21-27(33)36/h24H,7-23H2,1-6H3/t24-/m1/s1. The summed E-state index contributed by atoms with van der Waals surface area (Å²) in [6.07, 6.45) is 10.9. The molecule has 0 bridgehead atoms. The van der Waals surface area contributed by atoms with Crippen molar-refractivity contribution in [3.8, 4) is 0 Å². The number of carbonyl (C=O) groups excluding carboxylic acids is 6. The van der Waals surface area contributed by atoms with E-state index in [1.54, 1.807) is 20.8 Å². The summed E-state index contributed by atoms with van der Waals surface area (Å²) in [6.45, 7) is 10.8. The van der Waals surface area contributed by atoms with Crippen LogP contribution >= 0.6 is 0 Å². The van der Waals surface area contributed by atoms with Crippen LogP contribution in [-0.2, 0) is 43.1 Å². The topological polar surface area (TPSA) is 133 Å². The maximum atomic E-state index is 12.7.